The number of rotatable bonds is 4. The van der Waals surface area contributed by atoms with Crippen molar-refractivity contribution in [2.45, 2.75) is 70.8 Å². The number of ether oxygens (including phenoxy) is 1. The maximum Gasteiger partial charge on any atom is 0.416 e. The van der Waals surface area contributed by atoms with Crippen molar-refractivity contribution in [3.63, 3.8) is 0 Å². The molecule has 2 heterocycles. The first-order valence-electron chi connectivity index (χ1n) is 9.93. The zero-order valence-corrected chi connectivity index (χ0v) is 17.5. The molecular formula is C21H26F3N3O3. The van der Waals surface area contributed by atoms with Crippen LogP contribution in [0.25, 0.3) is 10.8 Å². The number of carbonyl (C=O) groups is 1. The number of carbonyl (C=O) groups excluding carboxylic acids is 1. The van der Waals surface area contributed by atoms with Crippen molar-refractivity contribution < 1.29 is 22.7 Å². The van der Waals surface area contributed by atoms with Crippen LogP contribution in [0.4, 0.5) is 13.2 Å². The third-order valence-electron chi connectivity index (χ3n) is 5.29. The molecule has 1 aromatic carbocycles. The Morgan fingerprint density at radius 1 is 1.33 bits per heavy atom. The monoisotopic (exact) mass is 425 g/mol. The molecule has 3 rings (SSSR count). The minimum atomic E-state index is -4.52. The average molecular weight is 425 g/mol. The Morgan fingerprint density at radius 2 is 2.03 bits per heavy atom. The number of fused-ring (bicyclic) bond motifs is 1. The van der Waals surface area contributed by atoms with Crippen LogP contribution in [-0.4, -0.2) is 33.9 Å². The molecule has 1 amide bonds. The molecule has 1 fully saturated rings. The van der Waals surface area contributed by atoms with E-state index in [9.17, 15) is 22.8 Å². The van der Waals surface area contributed by atoms with Gasteiger partial charge in [0.15, 0.2) is 0 Å². The number of amides is 1. The van der Waals surface area contributed by atoms with Crippen molar-refractivity contribution in [1.82, 2.24) is 15.1 Å². The third kappa shape index (κ3) is 4.83. The highest BCUT2D eigenvalue weighted by Crippen LogP contribution is 2.32. The minimum Gasteiger partial charge on any atom is -0.373 e. The van der Waals surface area contributed by atoms with Crippen LogP contribution in [0.2, 0.25) is 0 Å². The molecule has 1 atom stereocenters. The van der Waals surface area contributed by atoms with Crippen molar-refractivity contribution in [3.8, 4) is 0 Å². The summed E-state index contributed by atoms with van der Waals surface area (Å²) in [5.74, 6) is -0.626. The summed E-state index contributed by atoms with van der Waals surface area (Å²) in [6.45, 7) is 7.60. The van der Waals surface area contributed by atoms with Gasteiger partial charge in [-0.15, -0.1) is 0 Å². The molecule has 0 bridgehead atoms. The molecule has 1 unspecified atom stereocenters. The van der Waals surface area contributed by atoms with Gasteiger partial charge >= 0.3 is 6.18 Å². The molecule has 0 saturated carbocycles. The predicted molar refractivity (Wildman–Crippen MR) is 106 cm³/mol. The highest BCUT2D eigenvalue weighted by Gasteiger charge is 2.32. The number of aromatic nitrogens is 2. The first-order chi connectivity index (χ1) is 13.9. The van der Waals surface area contributed by atoms with Gasteiger partial charge in [0.25, 0.3) is 5.56 Å². The van der Waals surface area contributed by atoms with E-state index in [0.717, 1.165) is 35.7 Å². The van der Waals surface area contributed by atoms with Crippen molar-refractivity contribution in [1.29, 1.82) is 0 Å². The van der Waals surface area contributed by atoms with Gasteiger partial charge in [-0.2, -0.15) is 18.3 Å². The summed E-state index contributed by atoms with van der Waals surface area (Å²) in [5, 5.41) is 7.34. The van der Waals surface area contributed by atoms with Gasteiger partial charge in [0, 0.05) is 5.39 Å². The number of halogens is 3. The topological polar surface area (TPSA) is 73.2 Å². The highest BCUT2D eigenvalue weighted by molar-refractivity contribution is 5.85. The quantitative estimate of drug-likeness (QED) is 0.812. The van der Waals surface area contributed by atoms with Gasteiger partial charge in [-0.3, -0.25) is 9.59 Å². The number of nitrogens with one attached hydrogen (secondary N) is 1. The van der Waals surface area contributed by atoms with E-state index in [0.29, 0.717) is 12.3 Å². The molecule has 1 N–H and O–H groups in total. The van der Waals surface area contributed by atoms with Gasteiger partial charge in [-0.05, 0) is 50.8 Å². The van der Waals surface area contributed by atoms with Crippen molar-refractivity contribution >= 4 is 16.7 Å². The summed E-state index contributed by atoms with van der Waals surface area (Å²) in [4.78, 5) is 25.3. The van der Waals surface area contributed by atoms with Crippen LogP contribution < -0.4 is 10.9 Å². The molecule has 0 aliphatic carbocycles. The van der Waals surface area contributed by atoms with Crippen molar-refractivity contribution in [2.75, 3.05) is 6.61 Å². The van der Waals surface area contributed by atoms with Crippen LogP contribution in [0.15, 0.2) is 23.0 Å². The van der Waals surface area contributed by atoms with Gasteiger partial charge in [0.05, 0.1) is 34.9 Å². The fourth-order valence-corrected chi connectivity index (χ4v) is 3.55. The number of alkyl halides is 3. The summed E-state index contributed by atoms with van der Waals surface area (Å²) in [6, 6.07) is 2.82. The molecule has 0 spiro atoms. The smallest absolute Gasteiger partial charge is 0.373 e. The third-order valence-corrected chi connectivity index (χ3v) is 5.29. The Balaban J connectivity index is 1.88. The highest BCUT2D eigenvalue weighted by atomic mass is 19.4. The van der Waals surface area contributed by atoms with Crippen molar-refractivity contribution in [2.24, 2.45) is 0 Å². The van der Waals surface area contributed by atoms with E-state index in [4.69, 9.17) is 4.74 Å². The normalized spacial score (nSPS) is 19.3. The van der Waals surface area contributed by atoms with Gasteiger partial charge in [-0.1, -0.05) is 13.8 Å². The Labute approximate surface area is 172 Å². The lowest BCUT2D eigenvalue weighted by atomic mass is 9.96. The minimum absolute atomic E-state index is 0.109. The second-order valence-corrected chi connectivity index (χ2v) is 8.63. The second-order valence-electron chi connectivity index (χ2n) is 8.63. The molecule has 2 aromatic rings. The first kappa shape index (κ1) is 22.3. The lowest BCUT2D eigenvalue weighted by molar-refractivity contribution is -0.137. The van der Waals surface area contributed by atoms with Crippen LogP contribution in [0, 0.1) is 0 Å². The number of hydrogen-bond donors (Lipinski definition) is 1. The van der Waals surface area contributed by atoms with E-state index < -0.39 is 17.3 Å². The molecule has 1 aliphatic heterocycles. The van der Waals surface area contributed by atoms with E-state index in [-0.39, 0.29) is 40.8 Å². The van der Waals surface area contributed by atoms with Gasteiger partial charge in [0.1, 0.15) is 6.54 Å². The van der Waals surface area contributed by atoms with Gasteiger partial charge in [-0.25, -0.2) is 4.68 Å². The molecular weight excluding hydrogens is 399 g/mol. The van der Waals surface area contributed by atoms with E-state index in [1.807, 2.05) is 13.8 Å². The van der Waals surface area contributed by atoms with Crippen molar-refractivity contribution in [3.05, 3.63) is 39.8 Å². The molecule has 30 heavy (non-hydrogen) atoms. The van der Waals surface area contributed by atoms with Crippen LogP contribution in [0.1, 0.15) is 57.7 Å². The number of nitrogens with zero attached hydrogens (tertiary/aromatic N) is 2. The van der Waals surface area contributed by atoms with E-state index >= 15 is 0 Å². The Hall–Kier alpha value is -2.42. The van der Waals surface area contributed by atoms with Crippen LogP contribution in [-0.2, 0) is 22.3 Å². The Kier molecular flexibility index (Phi) is 5.95. The average Bonchev–Trinajstić information content (AvgIpc) is 2.64. The van der Waals surface area contributed by atoms with Crippen LogP contribution in [0.3, 0.4) is 0 Å². The maximum absolute atomic E-state index is 13.1. The Bertz CT molecular complexity index is 1000. The SMILES string of the molecule is CC(C)c1nn(CC(=O)NC2CCC(C)(C)OC2)c(=O)c2ccc(C(F)(F)F)cc12. The summed E-state index contributed by atoms with van der Waals surface area (Å²) in [5.41, 5.74) is -1.32. The standard InChI is InChI=1S/C21H26F3N3O3/c1-12(2)18-16-9-13(21(22,23)24)5-6-15(16)19(29)27(26-18)10-17(28)25-14-7-8-20(3,4)30-11-14/h5-6,9,12,14H,7-8,10-11H2,1-4H3,(H,25,28). The second kappa shape index (κ2) is 8.02. The first-order valence-corrected chi connectivity index (χ1v) is 9.93. The molecule has 9 heteroatoms. The molecule has 1 aliphatic rings. The lowest BCUT2D eigenvalue weighted by Crippen LogP contribution is -2.47. The molecule has 164 valence electrons. The summed E-state index contributed by atoms with van der Waals surface area (Å²) in [7, 11) is 0. The van der Waals surface area contributed by atoms with Gasteiger partial charge < -0.3 is 10.1 Å². The molecule has 1 saturated heterocycles. The molecule has 0 radical (unpaired) electrons. The summed E-state index contributed by atoms with van der Waals surface area (Å²) in [6.07, 6.45) is -2.96. The number of benzene rings is 1. The van der Waals surface area contributed by atoms with E-state index in [2.05, 4.69) is 10.4 Å². The summed E-state index contributed by atoms with van der Waals surface area (Å²) < 4.78 is 46.0. The zero-order valence-electron chi connectivity index (χ0n) is 17.5. The largest absolute Gasteiger partial charge is 0.416 e. The number of hydrogen-bond acceptors (Lipinski definition) is 4. The van der Waals surface area contributed by atoms with E-state index in [1.165, 1.54) is 0 Å². The zero-order chi connectivity index (χ0) is 22.3. The fraction of sp³-hybridized carbons (Fsp3) is 0.571. The van der Waals surface area contributed by atoms with Crippen LogP contribution in [0.5, 0.6) is 0 Å². The van der Waals surface area contributed by atoms with Gasteiger partial charge in [0.2, 0.25) is 5.91 Å². The van der Waals surface area contributed by atoms with E-state index in [1.54, 1.807) is 13.8 Å². The lowest BCUT2D eigenvalue weighted by Gasteiger charge is -2.35. The van der Waals surface area contributed by atoms with Crippen LogP contribution >= 0.6 is 0 Å². The predicted octanol–water partition coefficient (Wildman–Crippen LogP) is 3.61. The fourth-order valence-electron chi connectivity index (χ4n) is 3.55. The maximum atomic E-state index is 13.1. The molecule has 1 aromatic heterocycles. The Morgan fingerprint density at radius 3 is 2.60 bits per heavy atom. The summed E-state index contributed by atoms with van der Waals surface area (Å²) >= 11 is 0. The molecule has 6 nitrogen and oxygen atoms in total.